The van der Waals surface area contributed by atoms with Gasteiger partial charge in [0.2, 0.25) is 0 Å². The van der Waals surface area contributed by atoms with Gasteiger partial charge in [0.25, 0.3) is 0 Å². The highest BCUT2D eigenvalue weighted by atomic mass is 32.1. The molecule has 2 heterocycles. The minimum absolute atomic E-state index is 0.568. The highest BCUT2D eigenvalue weighted by Crippen LogP contribution is 2.13. The Balaban J connectivity index is 1.60. The number of nitrogens with zero attached hydrogens (tertiary/aromatic N) is 1. The molecule has 1 aliphatic heterocycles. The van der Waals surface area contributed by atoms with Crippen LogP contribution in [0.1, 0.15) is 17.5 Å². The quantitative estimate of drug-likeness (QED) is 0.929. The lowest BCUT2D eigenvalue weighted by molar-refractivity contribution is 0.259. The molecule has 0 bridgehead atoms. The van der Waals surface area contributed by atoms with E-state index in [-0.39, 0.29) is 0 Å². The van der Waals surface area contributed by atoms with Gasteiger partial charge in [-0.2, -0.15) is 11.3 Å². The van der Waals surface area contributed by atoms with E-state index in [1.54, 1.807) is 11.3 Å². The van der Waals surface area contributed by atoms with Gasteiger partial charge in [-0.15, -0.1) is 0 Å². The van der Waals surface area contributed by atoms with Crippen LogP contribution in [0.3, 0.4) is 0 Å². The Morgan fingerprint density at radius 3 is 2.85 bits per heavy atom. The second kappa shape index (κ2) is 7.02. The molecule has 1 N–H and O–H groups in total. The molecule has 1 aliphatic rings. The van der Waals surface area contributed by atoms with Crippen molar-refractivity contribution in [2.24, 2.45) is 0 Å². The van der Waals surface area contributed by atoms with Gasteiger partial charge in [0.1, 0.15) is 0 Å². The Hall–Kier alpha value is -1.16. The van der Waals surface area contributed by atoms with E-state index in [2.05, 4.69) is 57.4 Å². The Morgan fingerprint density at radius 2 is 2.05 bits per heavy atom. The largest absolute Gasteiger partial charge is 0.312 e. The molecule has 1 saturated heterocycles. The molecule has 3 heteroatoms. The van der Waals surface area contributed by atoms with E-state index < -0.39 is 0 Å². The maximum atomic E-state index is 3.70. The Labute approximate surface area is 125 Å². The third-order valence-electron chi connectivity index (χ3n) is 3.87. The average Bonchev–Trinajstić information content (AvgIpc) is 2.87. The molecule has 2 nitrogen and oxygen atoms in total. The summed E-state index contributed by atoms with van der Waals surface area (Å²) in [7, 11) is 0. The molecule has 1 aromatic carbocycles. The van der Waals surface area contributed by atoms with Gasteiger partial charge >= 0.3 is 0 Å². The average molecular weight is 286 g/mol. The van der Waals surface area contributed by atoms with Crippen molar-refractivity contribution >= 4 is 11.3 Å². The van der Waals surface area contributed by atoms with Gasteiger partial charge < -0.3 is 5.32 Å². The van der Waals surface area contributed by atoms with E-state index in [4.69, 9.17) is 0 Å². The van der Waals surface area contributed by atoms with Crippen LogP contribution in [-0.2, 0) is 13.0 Å². The minimum Gasteiger partial charge on any atom is -0.312 e. The molecule has 1 fully saturated rings. The van der Waals surface area contributed by atoms with Crippen molar-refractivity contribution in [3.63, 3.8) is 0 Å². The maximum Gasteiger partial charge on any atom is 0.0242 e. The summed E-state index contributed by atoms with van der Waals surface area (Å²) in [5, 5.41) is 8.14. The molecule has 0 amide bonds. The number of rotatable bonds is 4. The van der Waals surface area contributed by atoms with E-state index >= 15 is 0 Å². The van der Waals surface area contributed by atoms with Gasteiger partial charge in [0.15, 0.2) is 0 Å². The number of nitrogens with one attached hydrogen (secondary N) is 1. The molecule has 0 radical (unpaired) electrons. The van der Waals surface area contributed by atoms with Crippen LogP contribution in [0.25, 0.3) is 0 Å². The minimum atomic E-state index is 0.568. The van der Waals surface area contributed by atoms with Gasteiger partial charge in [-0.25, -0.2) is 0 Å². The first-order valence-electron chi connectivity index (χ1n) is 7.41. The predicted molar refractivity (Wildman–Crippen MR) is 86.1 cm³/mol. The molecule has 0 saturated carbocycles. The van der Waals surface area contributed by atoms with E-state index in [0.717, 1.165) is 26.1 Å². The fraction of sp³-hybridized carbons (Fsp3) is 0.412. The molecule has 1 unspecified atom stereocenters. The van der Waals surface area contributed by atoms with Crippen molar-refractivity contribution in [2.45, 2.75) is 25.4 Å². The van der Waals surface area contributed by atoms with Gasteiger partial charge in [-0.05, 0) is 53.9 Å². The van der Waals surface area contributed by atoms with Crippen LogP contribution in [0.5, 0.6) is 0 Å². The van der Waals surface area contributed by atoms with Crippen LogP contribution in [0, 0.1) is 0 Å². The van der Waals surface area contributed by atoms with Crippen LogP contribution < -0.4 is 5.32 Å². The number of benzene rings is 1. The van der Waals surface area contributed by atoms with Gasteiger partial charge in [-0.3, -0.25) is 4.90 Å². The first kappa shape index (κ1) is 13.8. The number of hydrogen-bond acceptors (Lipinski definition) is 3. The lowest BCUT2D eigenvalue weighted by Crippen LogP contribution is -2.38. The van der Waals surface area contributed by atoms with Crippen molar-refractivity contribution in [1.82, 2.24) is 10.2 Å². The summed E-state index contributed by atoms with van der Waals surface area (Å²) in [5.74, 6) is 0. The van der Waals surface area contributed by atoms with Crippen LogP contribution in [0.4, 0.5) is 0 Å². The SMILES string of the molecule is c1ccc(CC2CN(Cc3ccsc3)CCCN2)cc1. The maximum absolute atomic E-state index is 3.70. The van der Waals surface area contributed by atoms with E-state index in [0.29, 0.717) is 6.04 Å². The summed E-state index contributed by atoms with van der Waals surface area (Å²) in [6.07, 6.45) is 2.37. The van der Waals surface area contributed by atoms with Crippen molar-refractivity contribution in [1.29, 1.82) is 0 Å². The molecule has 3 rings (SSSR count). The summed E-state index contributed by atoms with van der Waals surface area (Å²) in [5.41, 5.74) is 2.89. The summed E-state index contributed by atoms with van der Waals surface area (Å²) in [4.78, 5) is 2.59. The molecule has 106 valence electrons. The second-order valence-electron chi connectivity index (χ2n) is 5.56. The zero-order chi connectivity index (χ0) is 13.6. The lowest BCUT2D eigenvalue weighted by Gasteiger charge is -2.24. The topological polar surface area (TPSA) is 15.3 Å². The fourth-order valence-electron chi connectivity index (χ4n) is 2.90. The highest BCUT2D eigenvalue weighted by molar-refractivity contribution is 7.07. The molecule has 1 aromatic heterocycles. The van der Waals surface area contributed by atoms with E-state index in [1.165, 1.54) is 24.1 Å². The molecule has 20 heavy (non-hydrogen) atoms. The van der Waals surface area contributed by atoms with E-state index in [1.807, 2.05) is 0 Å². The molecule has 2 aromatic rings. The van der Waals surface area contributed by atoms with Crippen LogP contribution in [0.2, 0.25) is 0 Å². The lowest BCUT2D eigenvalue weighted by atomic mass is 10.1. The zero-order valence-corrected chi connectivity index (χ0v) is 12.6. The van der Waals surface area contributed by atoms with E-state index in [9.17, 15) is 0 Å². The van der Waals surface area contributed by atoms with Crippen molar-refractivity contribution in [3.05, 3.63) is 58.3 Å². The van der Waals surface area contributed by atoms with Crippen LogP contribution in [-0.4, -0.2) is 30.6 Å². The van der Waals surface area contributed by atoms with Crippen LogP contribution >= 0.6 is 11.3 Å². The molecule has 1 atom stereocenters. The van der Waals surface area contributed by atoms with Crippen LogP contribution in [0.15, 0.2) is 47.2 Å². The predicted octanol–water partition coefficient (Wildman–Crippen LogP) is 3.15. The zero-order valence-electron chi connectivity index (χ0n) is 11.8. The van der Waals surface area contributed by atoms with Crippen molar-refractivity contribution < 1.29 is 0 Å². The summed E-state index contributed by atoms with van der Waals surface area (Å²) in [6, 6.07) is 13.6. The summed E-state index contributed by atoms with van der Waals surface area (Å²) >= 11 is 1.79. The Bertz CT molecular complexity index is 495. The monoisotopic (exact) mass is 286 g/mol. The normalized spacial score (nSPS) is 20.7. The Kier molecular flexibility index (Phi) is 4.85. The van der Waals surface area contributed by atoms with Crippen molar-refractivity contribution in [2.75, 3.05) is 19.6 Å². The first-order chi connectivity index (χ1) is 9.90. The second-order valence-corrected chi connectivity index (χ2v) is 6.34. The summed E-state index contributed by atoms with van der Waals surface area (Å²) < 4.78 is 0. The van der Waals surface area contributed by atoms with Gasteiger partial charge in [-0.1, -0.05) is 30.3 Å². The standard InChI is InChI=1S/C17H22N2S/c1-2-5-15(6-3-1)11-17-13-19(9-4-8-18-17)12-16-7-10-20-14-16/h1-3,5-7,10,14,17-18H,4,8-9,11-13H2. The summed E-state index contributed by atoms with van der Waals surface area (Å²) in [6.45, 7) is 4.58. The smallest absolute Gasteiger partial charge is 0.0242 e. The van der Waals surface area contributed by atoms with Crippen molar-refractivity contribution in [3.8, 4) is 0 Å². The molecular weight excluding hydrogens is 264 g/mol. The number of thiophene rings is 1. The fourth-order valence-corrected chi connectivity index (χ4v) is 3.56. The Morgan fingerprint density at radius 1 is 1.15 bits per heavy atom. The third-order valence-corrected chi connectivity index (χ3v) is 4.61. The highest BCUT2D eigenvalue weighted by Gasteiger charge is 2.18. The third kappa shape index (κ3) is 3.92. The van der Waals surface area contributed by atoms with Gasteiger partial charge in [0.05, 0.1) is 0 Å². The molecule has 0 aliphatic carbocycles. The van der Waals surface area contributed by atoms with Gasteiger partial charge in [0, 0.05) is 19.1 Å². The number of hydrogen-bond donors (Lipinski definition) is 1. The first-order valence-corrected chi connectivity index (χ1v) is 8.35. The molecular formula is C17H22N2S. The molecule has 0 spiro atoms.